The van der Waals surface area contributed by atoms with Gasteiger partial charge in [0.1, 0.15) is 17.1 Å². The van der Waals surface area contributed by atoms with E-state index in [0.29, 0.717) is 35.1 Å². The molecule has 3 aromatic carbocycles. The number of carbonyl (C=O) groups is 2. The summed E-state index contributed by atoms with van der Waals surface area (Å²) in [5.41, 5.74) is 4.44. The lowest BCUT2D eigenvalue weighted by Crippen LogP contribution is -2.22. The first-order valence-electron chi connectivity index (χ1n) is 11.8. The van der Waals surface area contributed by atoms with Crippen LogP contribution in [0.15, 0.2) is 99.9 Å². The maximum absolute atomic E-state index is 12.6. The molecule has 0 spiro atoms. The van der Waals surface area contributed by atoms with Crippen molar-refractivity contribution in [3.63, 3.8) is 0 Å². The minimum Gasteiger partial charge on any atom is -0.441 e. The summed E-state index contributed by atoms with van der Waals surface area (Å²) < 4.78 is 11.0. The molecule has 0 aliphatic carbocycles. The first-order chi connectivity index (χ1) is 18.0. The average molecular weight is 493 g/mol. The third-order valence-electron chi connectivity index (χ3n) is 5.74. The van der Waals surface area contributed by atoms with Crippen molar-refractivity contribution in [3.8, 4) is 22.7 Å². The van der Waals surface area contributed by atoms with Gasteiger partial charge < -0.3 is 19.6 Å². The highest BCUT2D eigenvalue weighted by atomic mass is 16.5. The Balaban J connectivity index is 1.18. The molecule has 8 heteroatoms. The Hall–Kier alpha value is -4.98. The highest BCUT2D eigenvalue weighted by molar-refractivity contribution is 5.93. The van der Waals surface area contributed by atoms with Crippen LogP contribution in [0.25, 0.3) is 22.7 Å². The summed E-state index contributed by atoms with van der Waals surface area (Å²) in [4.78, 5) is 29.4. The summed E-state index contributed by atoms with van der Waals surface area (Å²) in [6, 6.07) is 27.9. The van der Waals surface area contributed by atoms with Gasteiger partial charge in [-0.25, -0.2) is 4.98 Å². The second kappa shape index (κ2) is 10.7. The van der Waals surface area contributed by atoms with Crippen LogP contribution in [0.5, 0.6) is 0 Å². The van der Waals surface area contributed by atoms with Crippen molar-refractivity contribution in [1.29, 1.82) is 0 Å². The van der Waals surface area contributed by atoms with E-state index in [-0.39, 0.29) is 18.2 Å². The molecule has 0 bridgehead atoms. The predicted molar refractivity (Wildman–Crippen MR) is 139 cm³/mol. The maximum Gasteiger partial charge on any atom is 0.290 e. The number of nitrogens with zero attached hydrogens (tertiary/aromatic N) is 2. The van der Waals surface area contributed by atoms with Gasteiger partial charge in [0.05, 0.1) is 13.0 Å². The Morgan fingerprint density at radius 3 is 2.30 bits per heavy atom. The first-order valence-corrected chi connectivity index (χ1v) is 11.8. The third-order valence-corrected chi connectivity index (χ3v) is 5.74. The number of rotatable bonds is 8. The van der Waals surface area contributed by atoms with Crippen molar-refractivity contribution in [1.82, 2.24) is 15.5 Å². The van der Waals surface area contributed by atoms with E-state index < -0.39 is 5.91 Å². The second-order valence-corrected chi connectivity index (χ2v) is 8.43. The number of benzene rings is 3. The molecule has 5 aromatic rings. The van der Waals surface area contributed by atoms with Crippen LogP contribution in [0.3, 0.4) is 0 Å². The van der Waals surface area contributed by atoms with Gasteiger partial charge in [-0.15, -0.1) is 0 Å². The van der Waals surface area contributed by atoms with Gasteiger partial charge in [0, 0.05) is 22.9 Å². The fourth-order valence-electron chi connectivity index (χ4n) is 3.78. The lowest BCUT2D eigenvalue weighted by atomic mass is 10.1. The molecule has 0 saturated carbocycles. The van der Waals surface area contributed by atoms with Gasteiger partial charge in [-0.1, -0.05) is 65.8 Å². The molecule has 0 atom stereocenters. The summed E-state index contributed by atoms with van der Waals surface area (Å²) >= 11 is 0. The summed E-state index contributed by atoms with van der Waals surface area (Å²) in [7, 11) is 0. The van der Waals surface area contributed by atoms with E-state index in [1.54, 1.807) is 25.1 Å². The molecule has 0 fully saturated rings. The largest absolute Gasteiger partial charge is 0.441 e. The summed E-state index contributed by atoms with van der Waals surface area (Å²) in [6.45, 7) is 1.96. The van der Waals surface area contributed by atoms with E-state index in [2.05, 4.69) is 20.8 Å². The van der Waals surface area contributed by atoms with Gasteiger partial charge in [-0.05, 0) is 36.8 Å². The Morgan fingerprint density at radius 1 is 0.865 bits per heavy atom. The molecule has 0 unspecified atom stereocenters. The lowest BCUT2D eigenvalue weighted by molar-refractivity contribution is -0.115. The number of anilines is 1. The smallest absolute Gasteiger partial charge is 0.290 e. The number of oxazole rings is 1. The van der Waals surface area contributed by atoms with Crippen LogP contribution in [0.1, 0.15) is 27.6 Å². The molecule has 0 aliphatic rings. The number of nitrogens with one attached hydrogen (secondary N) is 2. The molecule has 0 aliphatic heterocycles. The Bertz CT molecular complexity index is 1510. The van der Waals surface area contributed by atoms with Crippen molar-refractivity contribution in [2.75, 3.05) is 5.32 Å². The van der Waals surface area contributed by atoms with Crippen LogP contribution >= 0.6 is 0 Å². The van der Waals surface area contributed by atoms with Gasteiger partial charge in [0.15, 0.2) is 0 Å². The SMILES string of the molecule is Cc1oc(-c2ccc(NC(=O)Cc3ccccc3)cc2)nc1CNC(=O)c1cc(-c2ccccc2)no1. The quantitative estimate of drug-likeness (QED) is 0.299. The topological polar surface area (TPSA) is 110 Å². The van der Waals surface area contributed by atoms with E-state index in [1.165, 1.54) is 0 Å². The molecular weight excluding hydrogens is 468 g/mol. The fraction of sp³-hybridized carbons (Fsp3) is 0.103. The first kappa shape index (κ1) is 23.7. The molecule has 37 heavy (non-hydrogen) atoms. The molecule has 184 valence electrons. The lowest BCUT2D eigenvalue weighted by Gasteiger charge is -2.06. The van der Waals surface area contributed by atoms with Crippen LogP contribution in [0.4, 0.5) is 5.69 Å². The molecule has 0 saturated heterocycles. The number of aryl methyl sites for hydroxylation is 1. The van der Waals surface area contributed by atoms with Crippen LogP contribution in [0, 0.1) is 6.92 Å². The van der Waals surface area contributed by atoms with Crippen molar-refractivity contribution in [2.24, 2.45) is 0 Å². The van der Waals surface area contributed by atoms with Crippen LogP contribution in [-0.4, -0.2) is 22.0 Å². The van der Waals surface area contributed by atoms with E-state index in [4.69, 9.17) is 8.94 Å². The highest BCUT2D eigenvalue weighted by Crippen LogP contribution is 2.24. The molecule has 2 amide bonds. The number of hydrogen-bond acceptors (Lipinski definition) is 6. The van der Waals surface area contributed by atoms with Crippen molar-refractivity contribution in [3.05, 3.63) is 114 Å². The molecule has 5 rings (SSSR count). The fourth-order valence-corrected chi connectivity index (χ4v) is 3.78. The molecule has 8 nitrogen and oxygen atoms in total. The second-order valence-electron chi connectivity index (χ2n) is 8.43. The normalized spacial score (nSPS) is 10.7. The highest BCUT2D eigenvalue weighted by Gasteiger charge is 2.17. The minimum atomic E-state index is -0.394. The number of amides is 2. The molecule has 2 aromatic heterocycles. The van der Waals surface area contributed by atoms with E-state index in [0.717, 1.165) is 16.7 Å². The number of carbonyl (C=O) groups excluding carboxylic acids is 2. The summed E-state index contributed by atoms with van der Waals surface area (Å²) in [6.07, 6.45) is 0.304. The summed E-state index contributed by atoms with van der Waals surface area (Å²) in [5, 5.41) is 9.66. The minimum absolute atomic E-state index is 0.0911. The van der Waals surface area contributed by atoms with Crippen molar-refractivity contribution in [2.45, 2.75) is 19.9 Å². The van der Waals surface area contributed by atoms with Crippen LogP contribution in [0.2, 0.25) is 0 Å². The van der Waals surface area contributed by atoms with Crippen LogP contribution < -0.4 is 10.6 Å². The zero-order chi connectivity index (χ0) is 25.6. The van der Waals surface area contributed by atoms with Crippen molar-refractivity contribution < 1.29 is 18.5 Å². The zero-order valence-electron chi connectivity index (χ0n) is 20.1. The maximum atomic E-state index is 12.6. The Kier molecular flexibility index (Phi) is 6.89. The van der Waals surface area contributed by atoms with E-state index in [9.17, 15) is 9.59 Å². The van der Waals surface area contributed by atoms with Gasteiger partial charge in [0.25, 0.3) is 5.91 Å². The monoisotopic (exact) mass is 492 g/mol. The zero-order valence-corrected chi connectivity index (χ0v) is 20.1. The van der Waals surface area contributed by atoms with E-state index >= 15 is 0 Å². The molecule has 2 heterocycles. The Labute approximate surface area is 213 Å². The molecular formula is C29H24N4O4. The van der Waals surface area contributed by atoms with Gasteiger partial charge in [0.2, 0.25) is 17.6 Å². The van der Waals surface area contributed by atoms with Gasteiger partial charge >= 0.3 is 0 Å². The predicted octanol–water partition coefficient (Wildman–Crippen LogP) is 5.42. The standard InChI is InChI=1S/C29H24N4O4/c1-19-25(18-30-28(35)26-17-24(33-37-26)21-10-6-3-7-11-21)32-29(36-19)22-12-14-23(15-13-22)31-27(34)16-20-8-4-2-5-9-20/h2-15,17H,16,18H2,1H3,(H,30,35)(H,31,34). The van der Waals surface area contributed by atoms with Gasteiger partial charge in [-0.3, -0.25) is 9.59 Å². The average Bonchev–Trinajstić information content (AvgIpc) is 3.56. The van der Waals surface area contributed by atoms with Crippen LogP contribution in [-0.2, 0) is 17.8 Å². The Morgan fingerprint density at radius 2 is 1.57 bits per heavy atom. The summed E-state index contributed by atoms with van der Waals surface area (Å²) in [5.74, 6) is 0.652. The number of aromatic nitrogens is 2. The number of hydrogen-bond donors (Lipinski definition) is 2. The molecule has 0 radical (unpaired) electrons. The third kappa shape index (κ3) is 5.82. The van der Waals surface area contributed by atoms with E-state index in [1.807, 2.05) is 72.8 Å². The molecule has 2 N–H and O–H groups in total. The van der Waals surface area contributed by atoms with Crippen molar-refractivity contribution >= 4 is 17.5 Å². The van der Waals surface area contributed by atoms with Gasteiger partial charge in [-0.2, -0.15) is 0 Å².